The minimum atomic E-state index is 0.582. The molecule has 0 aliphatic rings. The van der Waals surface area contributed by atoms with Crippen LogP contribution in [0, 0.1) is 5.92 Å². The van der Waals surface area contributed by atoms with Crippen LogP contribution in [0.25, 0.3) is 0 Å². The molecule has 17 heavy (non-hydrogen) atoms. The molecular weight excluding hydrogens is 274 g/mol. The summed E-state index contributed by atoms with van der Waals surface area (Å²) < 4.78 is 1.23. The molecule has 1 nitrogen and oxygen atoms in total. The van der Waals surface area contributed by atoms with E-state index in [1.165, 1.54) is 22.9 Å². The lowest BCUT2D eigenvalue weighted by Crippen LogP contribution is -2.36. The monoisotopic (exact) mass is 297 g/mol. The molecule has 1 N–H and O–H groups in total. The fourth-order valence-corrected chi connectivity index (χ4v) is 2.74. The Morgan fingerprint density at radius 3 is 2.53 bits per heavy atom. The van der Waals surface area contributed by atoms with E-state index in [0.717, 1.165) is 18.9 Å². The van der Waals surface area contributed by atoms with Gasteiger partial charge in [0.1, 0.15) is 0 Å². The van der Waals surface area contributed by atoms with Crippen molar-refractivity contribution in [3.8, 4) is 0 Å². The predicted octanol–water partition coefficient (Wildman–Crippen LogP) is 4.41. The summed E-state index contributed by atoms with van der Waals surface area (Å²) in [5, 5.41) is 3.62. The van der Waals surface area contributed by atoms with Crippen molar-refractivity contribution in [1.29, 1.82) is 0 Å². The average Bonchev–Trinajstić information content (AvgIpc) is 2.31. The lowest BCUT2D eigenvalue weighted by atomic mass is 9.91. The van der Waals surface area contributed by atoms with Crippen molar-refractivity contribution < 1.29 is 0 Å². The average molecular weight is 298 g/mol. The third-order valence-electron chi connectivity index (χ3n) is 3.29. The molecule has 2 heteroatoms. The zero-order valence-electron chi connectivity index (χ0n) is 11.2. The van der Waals surface area contributed by atoms with Crippen molar-refractivity contribution in [2.24, 2.45) is 5.92 Å². The summed E-state index contributed by atoms with van der Waals surface area (Å²) >= 11 is 3.64. The Balaban J connectivity index is 2.69. The summed E-state index contributed by atoms with van der Waals surface area (Å²) in [7, 11) is 0. The predicted molar refractivity (Wildman–Crippen MR) is 79.4 cm³/mol. The Bertz CT molecular complexity index is 324. The molecule has 96 valence electrons. The van der Waals surface area contributed by atoms with Gasteiger partial charge in [-0.1, -0.05) is 61.3 Å². The highest BCUT2D eigenvalue weighted by atomic mass is 79.9. The third kappa shape index (κ3) is 4.81. The van der Waals surface area contributed by atoms with Crippen molar-refractivity contribution in [2.75, 3.05) is 6.54 Å². The Labute approximate surface area is 114 Å². The molecule has 0 aliphatic carbocycles. The molecule has 0 aromatic heterocycles. The first-order valence-electron chi connectivity index (χ1n) is 6.65. The van der Waals surface area contributed by atoms with E-state index in [2.05, 4.69) is 66.3 Å². The molecule has 0 saturated carbocycles. The topological polar surface area (TPSA) is 12.0 Å². The van der Waals surface area contributed by atoms with Crippen LogP contribution in [0.4, 0.5) is 0 Å². The van der Waals surface area contributed by atoms with Gasteiger partial charge >= 0.3 is 0 Å². The van der Waals surface area contributed by atoms with Crippen molar-refractivity contribution in [3.05, 3.63) is 34.3 Å². The van der Waals surface area contributed by atoms with E-state index >= 15 is 0 Å². The second kappa shape index (κ2) is 7.88. The van der Waals surface area contributed by atoms with Gasteiger partial charge in [-0.2, -0.15) is 0 Å². The van der Waals surface area contributed by atoms with Gasteiger partial charge < -0.3 is 5.32 Å². The first-order valence-corrected chi connectivity index (χ1v) is 7.45. The van der Waals surface area contributed by atoms with Crippen LogP contribution in [-0.2, 0) is 6.42 Å². The molecule has 1 aromatic carbocycles. The molecule has 0 aliphatic heterocycles. The molecule has 0 bridgehead atoms. The van der Waals surface area contributed by atoms with Crippen LogP contribution in [0.5, 0.6) is 0 Å². The van der Waals surface area contributed by atoms with Crippen LogP contribution in [0.15, 0.2) is 28.7 Å². The fraction of sp³-hybridized carbons (Fsp3) is 0.600. The molecule has 1 rings (SSSR count). The van der Waals surface area contributed by atoms with Gasteiger partial charge in [-0.3, -0.25) is 0 Å². The molecule has 2 atom stereocenters. The maximum Gasteiger partial charge on any atom is 0.0207 e. The van der Waals surface area contributed by atoms with E-state index in [0.29, 0.717) is 6.04 Å². The maximum absolute atomic E-state index is 3.64. The second-order valence-corrected chi connectivity index (χ2v) is 5.58. The third-order valence-corrected chi connectivity index (χ3v) is 4.07. The number of rotatable bonds is 7. The van der Waals surface area contributed by atoms with Crippen molar-refractivity contribution in [3.63, 3.8) is 0 Å². The first kappa shape index (κ1) is 14.7. The minimum Gasteiger partial charge on any atom is -0.314 e. The molecule has 0 radical (unpaired) electrons. The van der Waals surface area contributed by atoms with Crippen LogP contribution >= 0.6 is 15.9 Å². The van der Waals surface area contributed by atoms with Gasteiger partial charge in [0, 0.05) is 10.5 Å². The summed E-state index contributed by atoms with van der Waals surface area (Å²) in [5.41, 5.74) is 1.40. The Morgan fingerprint density at radius 2 is 1.94 bits per heavy atom. The highest BCUT2D eigenvalue weighted by Crippen LogP contribution is 2.21. The van der Waals surface area contributed by atoms with Gasteiger partial charge in [0.25, 0.3) is 0 Å². The van der Waals surface area contributed by atoms with E-state index in [1.807, 2.05) is 0 Å². The Kier molecular flexibility index (Phi) is 6.83. The van der Waals surface area contributed by atoms with Gasteiger partial charge in [0.15, 0.2) is 0 Å². The fourth-order valence-electron chi connectivity index (χ4n) is 2.29. The van der Waals surface area contributed by atoms with Crippen LogP contribution in [0.3, 0.4) is 0 Å². The van der Waals surface area contributed by atoms with E-state index in [4.69, 9.17) is 0 Å². The second-order valence-electron chi connectivity index (χ2n) is 4.73. The van der Waals surface area contributed by atoms with Crippen molar-refractivity contribution in [1.82, 2.24) is 5.32 Å². The number of halogens is 1. The number of hydrogen-bond acceptors (Lipinski definition) is 1. The van der Waals surface area contributed by atoms with E-state index in [-0.39, 0.29) is 0 Å². The quantitative estimate of drug-likeness (QED) is 0.786. The van der Waals surface area contributed by atoms with E-state index in [1.54, 1.807) is 0 Å². The van der Waals surface area contributed by atoms with Crippen molar-refractivity contribution in [2.45, 2.75) is 46.1 Å². The molecule has 0 saturated heterocycles. The van der Waals surface area contributed by atoms with Crippen LogP contribution in [-0.4, -0.2) is 12.6 Å². The summed E-state index contributed by atoms with van der Waals surface area (Å²) in [4.78, 5) is 0. The van der Waals surface area contributed by atoms with E-state index in [9.17, 15) is 0 Å². The summed E-state index contributed by atoms with van der Waals surface area (Å²) in [6.07, 6.45) is 3.66. The number of likely N-dealkylation sites (N-methyl/N-ethyl adjacent to an activating group) is 1. The molecule has 0 fully saturated rings. The number of nitrogens with one attached hydrogen (secondary N) is 1. The molecular formula is C15H24BrN. The molecule has 0 spiro atoms. The van der Waals surface area contributed by atoms with Gasteiger partial charge in [-0.25, -0.2) is 0 Å². The minimum absolute atomic E-state index is 0.582. The lowest BCUT2D eigenvalue weighted by molar-refractivity contribution is 0.357. The Hall–Kier alpha value is -0.340. The standard InChI is InChI=1S/C15H24BrN/c1-4-8-12(3)15(17-5-2)11-13-9-6-7-10-14(13)16/h6-7,9-10,12,15,17H,4-5,8,11H2,1-3H3. The zero-order valence-corrected chi connectivity index (χ0v) is 12.8. The van der Waals surface area contributed by atoms with Crippen LogP contribution in [0.1, 0.15) is 39.2 Å². The van der Waals surface area contributed by atoms with Crippen molar-refractivity contribution >= 4 is 15.9 Å². The molecule has 0 amide bonds. The summed E-state index contributed by atoms with van der Waals surface area (Å²) in [5.74, 6) is 0.729. The number of benzene rings is 1. The highest BCUT2D eigenvalue weighted by Gasteiger charge is 2.16. The molecule has 1 aromatic rings. The zero-order chi connectivity index (χ0) is 12.7. The normalized spacial score (nSPS) is 14.6. The summed E-state index contributed by atoms with van der Waals surface area (Å²) in [6, 6.07) is 9.12. The smallest absolute Gasteiger partial charge is 0.0207 e. The molecule has 0 heterocycles. The van der Waals surface area contributed by atoms with Gasteiger partial charge in [0.05, 0.1) is 0 Å². The number of hydrogen-bond donors (Lipinski definition) is 1. The highest BCUT2D eigenvalue weighted by molar-refractivity contribution is 9.10. The van der Waals surface area contributed by atoms with Crippen LogP contribution in [0.2, 0.25) is 0 Å². The Morgan fingerprint density at radius 1 is 1.24 bits per heavy atom. The van der Waals surface area contributed by atoms with Gasteiger partial charge in [-0.05, 0) is 36.9 Å². The van der Waals surface area contributed by atoms with E-state index < -0.39 is 0 Å². The first-order chi connectivity index (χ1) is 8.19. The summed E-state index contributed by atoms with van der Waals surface area (Å²) in [6.45, 7) is 7.85. The SMILES string of the molecule is CCCC(C)C(Cc1ccccc1Br)NCC. The van der Waals surface area contributed by atoms with Crippen LogP contribution < -0.4 is 5.32 Å². The molecule has 2 unspecified atom stereocenters. The largest absolute Gasteiger partial charge is 0.314 e. The van der Waals surface area contributed by atoms with Gasteiger partial charge in [-0.15, -0.1) is 0 Å². The maximum atomic E-state index is 3.64. The lowest BCUT2D eigenvalue weighted by Gasteiger charge is -2.25. The van der Waals surface area contributed by atoms with Gasteiger partial charge in [0.2, 0.25) is 0 Å².